The topological polar surface area (TPSA) is 137 Å². The monoisotopic (exact) mass is 872 g/mol. The van der Waals surface area contributed by atoms with Crippen molar-refractivity contribution in [1.29, 1.82) is 0 Å². The van der Waals surface area contributed by atoms with Crippen LogP contribution in [0.25, 0.3) is 33.6 Å². The number of halogens is 3. The van der Waals surface area contributed by atoms with Crippen LogP contribution in [0, 0.1) is 17.6 Å². The number of rotatable bonds is 5. The van der Waals surface area contributed by atoms with E-state index in [1.807, 2.05) is 63.0 Å². The molecule has 1 aliphatic carbocycles. The van der Waals surface area contributed by atoms with Crippen LogP contribution >= 0.6 is 15.9 Å². The van der Waals surface area contributed by atoms with Crippen LogP contribution in [0.3, 0.4) is 0 Å². The predicted octanol–water partition coefficient (Wildman–Crippen LogP) is 9.05. The molecular weight excluding hydrogens is 826 g/mol. The van der Waals surface area contributed by atoms with Gasteiger partial charge >= 0.3 is 12.2 Å². The maximum Gasteiger partial charge on any atom is 0.410 e. The summed E-state index contributed by atoms with van der Waals surface area (Å²) in [6.07, 6.45) is 2.73. The molecule has 16 heteroatoms. The van der Waals surface area contributed by atoms with Gasteiger partial charge in [0, 0.05) is 41.9 Å². The second kappa shape index (κ2) is 16.5. The number of pyridine rings is 1. The number of amides is 3. The quantitative estimate of drug-likeness (QED) is 0.185. The lowest BCUT2D eigenvalue weighted by molar-refractivity contribution is -0.117. The molecule has 0 spiro atoms. The largest absolute Gasteiger partial charge is 0.444 e. The first-order valence-corrected chi connectivity index (χ1v) is 20.3. The van der Waals surface area contributed by atoms with Crippen molar-refractivity contribution in [3.05, 3.63) is 94.4 Å². The van der Waals surface area contributed by atoms with E-state index in [2.05, 4.69) is 31.3 Å². The highest BCUT2D eigenvalue weighted by molar-refractivity contribution is 9.10. The SMILES string of the molecule is CC(C)(C)OC(=O)N1CCn2nc(-c3ccc(F)cc3)c(-c3ccnc(NC(=O)C4CC4)c3)c2C1.CC(C)(C)OC(=O)N1CCn2nc(-c3ccc(F)cc3)c(Br)c2C1. The van der Waals surface area contributed by atoms with E-state index in [0.29, 0.717) is 50.8 Å². The first kappa shape index (κ1) is 41.5. The number of carbonyl (C=O) groups excluding carboxylic acids is 3. The van der Waals surface area contributed by atoms with Gasteiger partial charge in [-0.05, 0) is 137 Å². The number of carbonyl (C=O) groups is 3. The fraction of sp³-hybridized carbons (Fsp3) is 0.395. The Labute approximate surface area is 349 Å². The first-order chi connectivity index (χ1) is 27.9. The fourth-order valence-corrected chi connectivity index (χ4v) is 7.34. The maximum absolute atomic E-state index is 13.6. The van der Waals surface area contributed by atoms with Crippen molar-refractivity contribution in [2.24, 2.45) is 5.92 Å². The highest BCUT2D eigenvalue weighted by atomic mass is 79.9. The van der Waals surface area contributed by atoms with Crippen LogP contribution in [0.1, 0.15) is 65.8 Å². The van der Waals surface area contributed by atoms with Crippen molar-refractivity contribution in [1.82, 2.24) is 34.3 Å². The molecule has 0 radical (unpaired) electrons. The molecule has 3 amide bonds. The third-order valence-corrected chi connectivity index (χ3v) is 10.5. The smallest absolute Gasteiger partial charge is 0.410 e. The Hall–Kier alpha value is -5.64. The number of ether oxygens (including phenoxy) is 2. The minimum Gasteiger partial charge on any atom is -0.444 e. The van der Waals surface area contributed by atoms with E-state index in [9.17, 15) is 23.2 Å². The number of nitrogens with one attached hydrogen (secondary N) is 1. The Morgan fingerprint density at radius 3 is 1.71 bits per heavy atom. The van der Waals surface area contributed by atoms with E-state index < -0.39 is 11.2 Å². The third-order valence-electron chi connectivity index (χ3n) is 9.68. The molecule has 13 nitrogen and oxygen atoms in total. The van der Waals surface area contributed by atoms with E-state index >= 15 is 0 Å². The van der Waals surface area contributed by atoms with Gasteiger partial charge in [-0.2, -0.15) is 10.2 Å². The molecule has 1 N–H and O–H groups in total. The molecule has 0 atom stereocenters. The number of hydrogen-bond acceptors (Lipinski definition) is 8. The van der Waals surface area contributed by atoms with Crippen molar-refractivity contribution in [3.8, 4) is 33.6 Å². The van der Waals surface area contributed by atoms with Crippen molar-refractivity contribution in [2.45, 2.75) is 91.8 Å². The molecule has 3 aromatic heterocycles. The van der Waals surface area contributed by atoms with Crippen molar-refractivity contribution < 1.29 is 32.6 Å². The summed E-state index contributed by atoms with van der Waals surface area (Å²) in [4.78, 5) is 45.0. The van der Waals surface area contributed by atoms with Gasteiger partial charge in [0.15, 0.2) is 0 Å². The molecule has 5 heterocycles. The summed E-state index contributed by atoms with van der Waals surface area (Å²) in [6.45, 7) is 13.9. The Balaban J connectivity index is 0.000000192. The Morgan fingerprint density at radius 1 is 0.695 bits per heavy atom. The third kappa shape index (κ3) is 9.98. The maximum atomic E-state index is 13.6. The minimum atomic E-state index is -0.601. The average Bonchev–Trinajstić information content (AvgIpc) is 3.89. The summed E-state index contributed by atoms with van der Waals surface area (Å²) in [5.41, 5.74) is 5.25. The first-order valence-electron chi connectivity index (χ1n) is 19.5. The predicted molar refractivity (Wildman–Crippen MR) is 221 cm³/mol. The Bertz CT molecular complexity index is 2360. The fourth-order valence-electron chi connectivity index (χ4n) is 6.70. The average molecular weight is 874 g/mol. The van der Waals surface area contributed by atoms with Crippen LogP contribution in [0.2, 0.25) is 0 Å². The molecule has 0 unspecified atom stereocenters. The molecule has 1 fully saturated rings. The molecule has 3 aliphatic rings. The highest BCUT2D eigenvalue weighted by Crippen LogP contribution is 2.38. The van der Waals surface area contributed by atoms with Crippen LogP contribution in [0.15, 0.2) is 71.3 Å². The van der Waals surface area contributed by atoms with Crippen molar-refractivity contribution in [3.63, 3.8) is 0 Å². The van der Waals surface area contributed by atoms with Crippen LogP contribution < -0.4 is 5.32 Å². The van der Waals surface area contributed by atoms with Gasteiger partial charge in [-0.25, -0.2) is 23.4 Å². The highest BCUT2D eigenvalue weighted by Gasteiger charge is 2.33. The van der Waals surface area contributed by atoms with Gasteiger partial charge in [0.25, 0.3) is 0 Å². The lowest BCUT2D eigenvalue weighted by Crippen LogP contribution is -2.41. The summed E-state index contributed by atoms with van der Waals surface area (Å²) in [6, 6.07) is 16.1. The second-order valence-electron chi connectivity index (χ2n) is 16.7. The van der Waals surface area contributed by atoms with Gasteiger partial charge < -0.3 is 24.6 Å². The zero-order valence-electron chi connectivity index (χ0n) is 33.9. The minimum absolute atomic E-state index is 0.0263. The molecule has 59 heavy (non-hydrogen) atoms. The summed E-state index contributed by atoms with van der Waals surface area (Å²) in [5, 5.41) is 12.3. The lowest BCUT2D eigenvalue weighted by atomic mass is 9.98. The summed E-state index contributed by atoms with van der Waals surface area (Å²) < 4.78 is 42.4. The number of hydrogen-bond donors (Lipinski definition) is 1. The van der Waals surface area contributed by atoms with Crippen LogP contribution in [0.5, 0.6) is 0 Å². The molecular formula is C43H47BrF2N8O5. The van der Waals surface area contributed by atoms with E-state index in [1.165, 1.54) is 24.3 Å². The van der Waals surface area contributed by atoms with E-state index in [1.54, 1.807) is 40.3 Å². The van der Waals surface area contributed by atoms with E-state index in [4.69, 9.17) is 14.6 Å². The van der Waals surface area contributed by atoms with Crippen molar-refractivity contribution >= 4 is 39.8 Å². The second-order valence-corrected chi connectivity index (χ2v) is 17.5. The molecule has 8 rings (SSSR count). The molecule has 0 saturated heterocycles. The van der Waals surface area contributed by atoms with Gasteiger partial charge in [0.1, 0.15) is 40.0 Å². The molecule has 5 aromatic rings. The van der Waals surface area contributed by atoms with E-state index in [0.717, 1.165) is 56.6 Å². The lowest BCUT2D eigenvalue weighted by Gasteiger charge is -2.30. The zero-order valence-corrected chi connectivity index (χ0v) is 35.5. The molecule has 310 valence electrons. The normalized spacial score (nSPS) is 15.1. The Morgan fingerprint density at radius 2 is 1.19 bits per heavy atom. The zero-order chi connectivity index (χ0) is 42.2. The van der Waals surface area contributed by atoms with Gasteiger partial charge in [0.2, 0.25) is 5.91 Å². The number of anilines is 1. The van der Waals surface area contributed by atoms with Crippen LogP contribution in [-0.2, 0) is 40.4 Å². The summed E-state index contributed by atoms with van der Waals surface area (Å²) in [7, 11) is 0. The van der Waals surface area contributed by atoms with Crippen LogP contribution in [0.4, 0.5) is 24.2 Å². The Kier molecular flexibility index (Phi) is 11.6. The van der Waals surface area contributed by atoms with Crippen LogP contribution in [-0.4, -0.2) is 76.7 Å². The van der Waals surface area contributed by atoms with Gasteiger partial charge in [0.05, 0.1) is 42.0 Å². The standard InChI is InChI=1S/C26H28FN5O3.C17H19BrFN3O2/c1-26(2,3)35-25(34)31-12-13-32-20(15-31)22(23(30-32)16-6-8-19(27)9-7-16)18-10-11-28-21(14-18)29-24(33)17-4-5-17;1-17(2,3)24-16(23)21-8-9-22-13(10-21)14(18)15(20-22)11-4-6-12(19)7-5-11/h6-11,14,17H,4-5,12-13,15H2,1-3H3,(H,28,29,33);4-7H,8-10H2,1-3H3. The summed E-state index contributed by atoms with van der Waals surface area (Å²) >= 11 is 3.57. The summed E-state index contributed by atoms with van der Waals surface area (Å²) in [5.74, 6) is -0.119. The molecule has 2 aromatic carbocycles. The molecule has 0 bridgehead atoms. The number of nitrogens with zero attached hydrogens (tertiary/aromatic N) is 7. The number of benzene rings is 2. The van der Waals surface area contributed by atoms with Crippen molar-refractivity contribution in [2.75, 3.05) is 18.4 Å². The molecule has 1 saturated carbocycles. The number of fused-ring (bicyclic) bond motifs is 2. The van der Waals surface area contributed by atoms with Gasteiger partial charge in [-0.3, -0.25) is 14.2 Å². The van der Waals surface area contributed by atoms with Gasteiger partial charge in [-0.1, -0.05) is 0 Å². The van der Waals surface area contributed by atoms with Gasteiger partial charge in [-0.15, -0.1) is 0 Å². The van der Waals surface area contributed by atoms with E-state index in [-0.39, 0.29) is 35.6 Å². The molecule has 2 aliphatic heterocycles. The number of aromatic nitrogens is 5.